The zero-order valence-electron chi connectivity index (χ0n) is 7.77. The summed E-state index contributed by atoms with van der Waals surface area (Å²) in [6.45, 7) is 3.79. The highest BCUT2D eigenvalue weighted by molar-refractivity contribution is 6.19. The van der Waals surface area contributed by atoms with Gasteiger partial charge in [0.05, 0.1) is 0 Å². The first-order valence-electron chi connectivity index (χ1n) is 4.14. The Bertz CT molecular complexity index is 306. The molecule has 0 amide bonds. The van der Waals surface area contributed by atoms with Gasteiger partial charge in [0.15, 0.2) is 0 Å². The monoisotopic (exact) mass is 198 g/mol. The average molecular weight is 199 g/mol. The van der Waals surface area contributed by atoms with Crippen LogP contribution in [0.1, 0.15) is 16.7 Å². The number of alkyl halides is 1. The lowest BCUT2D eigenvalue weighted by atomic mass is 10.0. The third kappa shape index (κ3) is 2.56. The summed E-state index contributed by atoms with van der Waals surface area (Å²) >= 11 is 5.53. The van der Waals surface area contributed by atoms with E-state index >= 15 is 0 Å². The molecule has 0 aliphatic carbocycles. The Labute approximate surface area is 83.0 Å². The van der Waals surface area contributed by atoms with Gasteiger partial charge in [-0.15, -0.1) is 11.6 Å². The smallest absolute Gasteiger partial charge is 0.123 e. The standard InChI is InChI=1S/C11H12ClF/c1-8-6-10(13)7-9(2)11(8)4-3-5-12/h3-4,6-7H,5H2,1-2H3. The molecule has 0 N–H and O–H groups in total. The number of rotatable bonds is 2. The lowest BCUT2D eigenvalue weighted by molar-refractivity contribution is 0.625. The normalized spacial score (nSPS) is 11.1. The van der Waals surface area contributed by atoms with Gasteiger partial charge in [-0.25, -0.2) is 4.39 Å². The quantitative estimate of drug-likeness (QED) is 0.636. The maximum Gasteiger partial charge on any atom is 0.123 e. The maximum atomic E-state index is 12.9. The van der Waals surface area contributed by atoms with Crippen molar-refractivity contribution >= 4 is 17.7 Å². The van der Waals surface area contributed by atoms with E-state index in [0.717, 1.165) is 16.7 Å². The van der Waals surface area contributed by atoms with E-state index in [9.17, 15) is 4.39 Å². The van der Waals surface area contributed by atoms with Gasteiger partial charge in [-0.3, -0.25) is 0 Å². The van der Waals surface area contributed by atoms with E-state index in [1.54, 1.807) is 0 Å². The highest BCUT2D eigenvalue weighted by atomic mass is 35.5. The van der Waals surface area contributed by atoms with Crippen molar-refractivity contribution in [3.63, 3.8) is 0 Å². The Kier molecular flexibility index (Phi) is 3.49. The second kappa shape index (κ2) is 4.43. The number of hydrogen-bond acceptors (Lipinski definition) is 0. The third-order valence-electron chi connectivity index (χ3n) is 1.93. The van der Waals surface area contributed by atoms with E-state index in [-0.39, 0.29) is 5.82 Å². The second-order valence-corrected chi connectivity index (χ2v) is 3.32. The van der Waals surface area contributed by atoms with Crippen molar-refractivity contribution < 1.29 is 4.39 Å². The van der Waals surface area contributed by atoms with Gasteiger partial charge in [0, 0.05) is 5.88 Å². The fourth-order valence-electron chi connectivity index (χ4n) is 1.35. The molecule has 0 nitrogen and oxygen atoms in total. The number of halogens is 2. The van der Waals surface area contributed by atoms with Crippen LogP contribution in [-0.4, -0.2) is 5.88 Å². The van der Waals surface area contributed by atoms with E-state index in [0.29, 0.717) is 5.88 Å². The highest BCUT2D eigenvalue weighted by Gasteiger charge is 2.01. The Morgan fingerprint density at radius 1 is 1.31 bits per heavy atom. The van der Waals surface area contributed by atoms with Crippen molar-refractivity contribution in [1.29, 1.82) is 0 Å². The van der Waals surface area contributed by atoms with Crippen LogP contribution >= 0.6 is 11.6 Å². The van der Waals surface area contributed by atoms with Gasteiger partial charge in [0.2, 0.25) is 0 Å². The van der Waals surface area contributed by atoms with Crippen molar-refractivity contribution in [2.75, 3.05) is 5.88 Å². The second-order valence-electron chi connectivity index (χ2n) is 3.01. The molecule has 0 saturated carbocycles. The Morgan fingerprint density at radius 2 is 1.85 bits per heavy atom. The van der Waals surface area contributed by atoms with E-state index < -0.39 is 0 Å². The molecule has 1 aromatic rings. The minimum atomic E-state index is -0.182. The van der Waals surface area contributed by atoms with Crippen molar-refractivity contribution in [2.24, 2.45) is 0 Å². The van der Waals surface area contributed by atoms with Crippen LogP contribution in [0.5, 0.6) is 0 Å². The van der Waals surface area contributed by atoms with E-state index in [1.807, 2.05) is 26.0 Å². The lowest BCUT2D eigenvalue weighted by Gasteiger charge is -2.04. The summed E-state index contributed by atoms with van der Waals surface area (Å²) < 4.78 is 12.9. The first-order valence-corrected chi connectivity index (χ1v) is 4.68. The van der Waals surface area contributed by atoms with Crippen molar-refractivity contribution in [2.45, 2.75) is 13.8 Å². The Morgan fingerprint density at radius 3 is 2.31 bits per heavy atom. The minimum absolute atomic E-state index is 0.182. The molecule has 0 bridgehead atoms. The first-order chi connectivity index (χ1) is 6.15. The molecule has 2 heteroatoms. The van der Waals surface area contributed by atoms with Crippen LogP contribution in [0.15, 0.2) is 18.2 Å². The van der Waals surface area contributed by atoms with Gasteiger partial charge >= 0.3 is 0 Å². The van der Waals surface area contributed by atoms with E-state index in [1.165, 1.54) is 12.1 Å². The Balaban J connectivity index is 3.13. The Hall–Kier alpha value is -0.820. The molecule has 0 unspecified atom stereocenters. The summed E-state index contributed by atoms with van der Waals surface area (Å²) in [5.74, 6) is 0.300. The van der Waals surface area contributed by atoms with Crippen LogP contribution in [0.2, 0.25) is 0 Å². The number of benzene rings is 1. The predicted octanol–water partition coefficient (Wildman–Crippen LogP) is 3.69. The van der Waals surface area contributed by atoms with Crippen molar-refractivity contribution in [3.8, 4) is 0 Å². The summed E-state index contributed by atoms with van der Waals surface area (Å²) in [6.07, 6.45) is 3.78. The summed E-state index contributed by atoms with van der Waals surface area (Å²) in [5, 5.41) is 0. The number of aryl methyl sites for hydroxylation is 2. The van der Waals surface area contributed by atoms with Gasteiger partial charge in [0.25, 0.3) is 0 Å². The summed E-state index contributed by atoms with van der Waals surface area (Å²) in [4.78, 5) is 0. The SMILES string of the molecule is Cc1cc(F)cc(C)c1C=CCCl. The molecule has 1 aromatic carbocycles. The molecule has 0 aromatic heterocycles. The lowest BCUT2D eigenvalue weighted by Crippen LogP contribution is -1.88. The van der Waals surface area contributed by atoms with Crippen LogP contribution in [0.3, 0.4) is 0 Å². The molecule has 0 fully saturated rings. The average Bonchev–Trinajstić information content (AvgIpc) is 2.02. The summed E-state index contributed by atoms with van der Waals surface area (Å²) in [5.41, 5.74) is 2.94. The summed E-state index contributed by atoms with van der Waals surface area (Å²) in [7, 11) is 0. The molecule has 0 heterocycles. The fraction of sp³-hybridized carbons (Fsp3) is 0.273. The highest BCUT2D eigenvalue weighted by Crippen LogP contribution is 2.17. The van der Waals surface area contributed by atoms with Crippen LogP contribution < -0.4 is 0 Å². The van der Waals surface area contributed by atoms with E-state index in [2.05, 4.69) is 0 Å². The van der Waals surface area contributed by atoms with E-state index in [4.69, 9.17) is 11.6 Å². The fourth-order valence-corrected chi connectivity index (χ4v) is 1.44. The minimum Gasteiger partial charge on any atom is -0.207 e. The van der Waals surface area contributed by atoms with Crippen LogP contribution in [0.25, 0.3) is 6.08 Å². The molecule has 0 aliphatic heterocycles. The molecular formula is C11H12ClF. The molecule has 0 spiro atoms. The van der Waals surface area contributed by atoms with Gasteiger partial charge in [-0.05, 0) is 42.7 Å². The van der Waals surface area contributed by atoms with Gasteiger partial charge in [-0.1, -0.05) is 12.2 Å². The zero-order chi connectivity index (χ0) is 9.84. The molecule has 1 rings (SSSR count). The zero-order valence-corrected chi connectivity index (χ0v) is 8.53. The number of hydrogen-bond donors (Lipinski definition) is 0. The van der Waals surface area contributed by atoms with Gasteiger partial charge < -0.3 is 0 Å². The molecule has 0 aliphatic rings. The molecule has 0 radical (unpaired) electrons. The first kappa shape index (κ1) is 10.3. The van der Waals surface area contributed by atoms with Crippen LogP contribution in [0, 0.1) is 19.7 Å². The van der Waals surface area contributed by atoms with Gasteiger partial charge in [-0.2, -0.15) is 0 Å². The molecule has 0 atom stereocenters. The topological polar surface area (TPSA) is 0 Å². The molecule has 0 saturated heterocycles. The number of allylic oxidation sites excluding steroid dienone is 1. The molecular weight excluding hydrogens is 187 g/mol. The predicted molar refractivity (Wildman–Crippen MR) is 55.6 cm³/mol. The van der Waals surface area contributed by atoms with Gasteiger partial charge in [0.1, 0.15) is 5.82 Å². The maximum absolute atomic E-state index is 12.9. The van der Waals surface area contributed by atoms with Crippen LogP contribution in [-0.2, 0) is 0 Å². The third-order valence-corrected chi connectivity index (χ3v) is 2.11. The largest absolute Gasteiger partial charge is 0.207 e. The van der Waals surface area contributed by atoms with Crippen molar-refractivity contribution in [3.05, 3.63) is 40.7 Å². The summed E-state index contributed by atoms with van der Waals surface area (Å²) in [6, 6.07) is 3.06. The van der Waals surface area contributed by atoms with Crippen molar-refractivity contribution in [1.82, 2.24) is 0 Å². The molecule has 13 heavy (non-hydrogen) atoms. The van der Waals surface area contributed by atoms with Crippen LogP contribution in [0.4, 0.5) is 4.39 Å². The molecule has 70 valence electrons.